The summed E-state index contributed by atoms with van der Waals surface area (Å²) >= 11 is 0. The molecular weight excluding hydrogens is 384 g/mol. The highest BCUT2D eigenvalue weighted by molar-refractivity contribution is 8.79. The van der Waals surface area contributed by atoms with Gasteiger partial charge in [-0.25, -0.2) is 0 Å². The highest BCUT2D eigenvalue weighted by atomic mass is 33.1. The molecule has 3 rings (SSSR count). The fourth-order valence-corrected chi connectivity index (χ4v) is 7.53. The van der Waals surface area contributed by atoms with E-state index in [4.69, 9.17) is 18.9 Å². The number of ether oxygens (including phenoxy) is 4. The highest BCUT2D eigenvalue weighted by Gasteiger charge is 2.20. The van der Waals surface area contributed by atoms with Crippen molar-refractivity contribution in [3.8, 4) is 23.0 Å². The van der Waals surface area contributed by atoms with Crippen LogP contribution in [0.15, 0.2) is 43.8 Å². The van der Waals surface area contributed by atoms with Crippen LogP contribution >= 0.6 is 43.2 Å². The minimum absolute atomic E-state index is 0.739. The Balaban J connectivity index is 1.97. The number of fused-ring (bicyclic) bond motifs is 2. The average Bonchev–Trinajstić information content (AvgIpc) is 2.62. The molecular formula is C16H16O4S4. The molecule has 0 unspecified atom stereocenters. The average molecular weight is 401 g/mol. The van der Waals surface area contributed by atoms with E-state index in [1.54, 1.807) is 71.6 Å². The van der Waals surface area contributed by atoms with E-state index in [2.05, 4.69) is 0 Å². The van der Waals surface area contributed by atoms with Crippen LogP contribution in [0, 0.1) is 0 Å². The molecule has 128 valence electrons. The van der Waals surface area contributed by atoms with E-state index in [9.17, 15) is 0 Å². The molecule has 2 aromatic carbocycles. The van der Waals surface area contributed by atoms with Crippen LogP contribution in [0.1, 0.15) is 0 Å². The van der Waals surface area contributed by atoms with Gasteiger partial charge in [0.05, 0.1) is 28.4 Å². The van der Waals surface area contributed by atoms with E-state index >= 15 is 0 Å². The van der Waals surface area contributed by atoms with Gasteiger partial charge in [0.25, 0.3) is 0 Å². The molecule has 0 aromatic heterocycles. The van der Waals surface area contributed by atoms with Crippen molar-refractivity contribution in [2.45, 2.75) is 19.6 Å². The first-order chi connectivity index (χ1) is 11.7. The first-order valence-electron chi connectivity index (χ1n) is 6.91. The minimum Gasteiger partial charge on any atom is -0.493 e. The number of rotatable bonds is 4. The Kier molecular flexibility index (Phi) is 5.91. The fourth-order valence-electron chi connectivity index (χ4n) is 2.12. The Labute approximate surface area is 157 Å². The number of hydrogen-bond donors (Lipinski definition) is 0. The van der Waals surface area contributed by atoms with Crippen LogP contribution in [0.5, 0.6) is 23.0 Å². The Bertz CT molecular complexity index is 626. The third-order valence-corrected chi connectivity index (χ3v) is 8.49. The lowest BCUT2D eigenvalue weighted by molar-refractivity contribution is 0.352. The lowest BCUT2D eigenvalue weighted by atomic mass is 10.3. The van der Waals surface area contributed by atoms with Gasteiger partial charge in [-0.3, -0.25) is 0 Å². The predicted molar refractivity (Wildman–Crippen MR) is 103 cm³/mol. The highest BCUT2D eigenvalue weighted by Crippen LogP contribution is 2.56. The van der Waals surface area contributed by atoms with Crippen molar-refractivity contribution in [2.24, 2.45) is 0 Å². The van der Waals surface area contributed by atoms with E-state index in [0.29, 0.717) is 0 Å². The van der Waals surface area contributed by atoms with Gasteiger partial charge in [-0.2, -0.15) is 0 Å². The van der Waals surface area contributed by atoms with Gasteiger partial charge in [0.1, 0.15) is 0 Å². The largest absolute Gasteiger partial charge is 0.493 e. The summed E-state index contributed by atoms with van der Waals surface area (Å²) in [6.45, 7) is 0. The van der Waals surface area contributed by atoms with Crippen molar-refractivity contribution in [1.29, 1.82) is 0 Å². The number of hydrogen-bond acceptors (Lipinski definition) is 8. The van der Waals surface area contributed by atoms with Gasteiger partial charge in [-0.15, -0.1) is 0 Å². The Hall–Kier alpha value is -0.960. The second-order valence-corrected chi connectivity index (χ2v) is 9.07. The molecule has 0 aliphatic carbocycles. The maximum absolute atomic E-state index is 5.41. The smallest absolute Gasteiger partial charge is 0.161 e. The van der Waals surface area contributed by atoms with Crippen molar-refractivity contribution in [2.75, 3.05) is 28.4 Å². The van der Waals surface area contributed by atoms with E-state index < -0.39 is 0 Å². The van der Waals surface area contributed by atoms with E-state index in [0.717, 1.165) is 42.6 Å². The molecule has 0 spiro atoms. The Morgan fingerprint density at radius 2 is 0.667 bits per heavy atom. The summed E-state index contributed by atoms with van der Waals surface area (Å²) in [6, 6.07) is 8.08. The normalized spacial score (nSPS) is 13.2. The summed E-state index contributed by atoms with van der Waals surface area (Å²) in [6.07, 6.45) is 0. The summed E-state index contributed by atoms with van der Waals surface area (Å²) in [7, 11) is 13.4. The third-order valence-electron chi connectivity index (χ3n) is 3.34. The van der Waals surface area contributed by atoms with Crippen molar-refractivity contribution >= 4 is 43.2 Å². The summed E-state index contributed by atoms with van der Waals surface area (Å²) in [5, 5.41) is 0. The molecule has 4 nitrogen and oxygen atoms in total. The van der Waals surface area contributed by atoms with Crippen LogP contribution in [0.25, 0.3) is 0 Å². The van der Waals surface area contributed by atoms with Gasteiger partial charge >= 0.3 is 0 Å². The standard InChI is InChI=1S/C16H16O4S4/c1-17-9-5-13-14(6-10(9)18-2)22-24-16-8-12(20-4)11(19-3)7-15(16)23-21-13/h5-8H,1-4H3. The van der Waals surface area contributed by atoms with Gasteiger partial charge < -0.3 is 18.9 Å². The van der Waals surface area contributed by atoms with Crippen LogP contribution in [-0.4, -0.2) is 28.4 Å². The van der Waals surface area contributed by atoms with Crippen molar-refractivity contribution in [1.82, 2.24) is 0 Å². The van der Waals surface area contributed by atoms with Crippen molar-refractivity contribution < 1.29 is 18.9 Å². The molecule has 0 saturated heterocycles. The molecule has 1 heterocycles. The lowest BCUT2D eigenvalue weighted by Crippen LogP contribution is -1.94. The molecule has 8 heteroatoms. The molecule has 1 aliphatic heterocycles. The second-order valence-electron chi connectivity index (χ2n) is 4.64. The maximum Gasteiger partial charge on any atom is 0.161 e. The summed E-state index contributed by atoms with van der Waals surface area (Å²) in [4.78, 5) is 4.59. The summed E-state index contributed by atoms with van der Waals surface area (Å²) in [5.41, 5.74) is 0. The summed E-state index contributed by atoms with van der Waals surface area (Å²) < 4.78 is 21.6. The molecule has 1 aliphatic rings. The predicted octanol–water partition coefficient (Wildman–Crippen LogP) is 5.63. The second kappa shape index (κ2) is 7.95. The van der Waals surface area contributed by atoms with Gasteiger partial charge in [0.15, 0.2) is 23.0 Å². The van der Waals surface area contributed by atoms with Gasteiger partial charge in [0, 0.05) is 19.6 Å². The fraction of sp³-hybridized carbons (Fsp3) is 0.250. The number of benzene rings is 2. The molecule has 0 saturated carbocycles. The first-order valence-corrected chi connectivity index (χ1v) is 11.2. The van der Waals surface area contributed by atoms with Crippen LogP contribution in [0.2, 0.25) is 0 Å². The maximum atomic E-state index is 5.41. The monoisotopic (exact) mass is 400 g/mol. The quantitative estimate of drug-likeness (QED) is 0.611. The van der Waals surface area contributed by atoms with Gasteiger partial charge in [-0.05, 0) is 24.3 Å². The molecule has 0 amide bonds. The van der Waals surface area contributed by atoms with Gasteiger partial charge in [-0.1, -0.05) is 43.2 Å². The molecule has 0 atom stereocenters. The van der Waals surface area contributed by atoms with Crippen molar-refractivity contribution in [3.63, 3.8) is 0 Å². The third kappa shape index (κ3) is 3.51. The summed E-state index contributed by atoms with van der Waals surface area (Å²) in [5.74, 6) is 2.96. The van der Waals surface area contributed by atoms with Gasteiger partial charge in [0.2, 0.25) is 0 Å². The van der Waals surface area contributed by atoms with E-state index in [1.165, 1.54) is 0 Å². The zero-order chi connectivity index (χ0) is 17.1. The van der Waals surface area contributed by atoms with Crippen LogP contribution < -0.4 is 18.9 Å². The zero-order valence-electron chi connectivity index (χ0n) is 13.6. The molecule has 0 fully saturated rings. The zero-order valence-corrected chi connectivity index (χ0v) is 16.8. The number of methoxy groups -OCH3 is 4. The topological polar surface area (TPSA) is 36.9 Å². The molecule has 2 aromatic rings. The van der Waals surface area contributed by atoms with E-state index in [1.807, 2.05) is 24.3 Å². The van der Waals surface area contributed by atoms with Crippen LogP contribution in [0.4, 0.5) is 0 Å². The molecule has 24 heavy (non-hydrogen) atoms. The Morgan fingerprint density at radius 1 is 0.458 bits per heavy atom. The lowest BCUT2D eigenvalue weighted by Gasteiger charge is -2.18. The minimum atomic E-state index is 0.739. The van der Waals surface area contributed by atoms with E-state index in [-0.39, 0.29) is 0 Å². The van der Waals surface area contributed by atoms with Crippen molar-refractivity contribution in [3.05, 3.63) is 24.3 Å². The van der Waals surface area contributed by atoms with Crippen LogP contribution in [0.3, 0.4) is 0 Å². The molecule has 0 radical (unpaired) electrons. The molecule has 0 bridgehead atoms. The molecule has 0 N–H and O–H groups in total. The first kappa shape index (κ1) is 17.8. The Morgan fingerprint density at radius 3 is 0.833 bits per heavy atom. The van der Waals surface area contributed by atoms with Crippen LogP contribution in [-0.2, 0) is 0 Å². The SMILES string of the molecule is COc1cc2c(cc1OC)SSc1cc(OC)c(OC)cc1SS2.